The second-order valence-corrected chi connectivity index (χ2v) is 4.42. The molecule has 0 aliphatic carbocycles. The van der Waals surface area contributed by atoms with Crippen LogP contribution in [-0.4, -0.2) is 29.6 Å². The van der Waals surface area contributed by atoms with Gasteiger partial charge in [0, 0.05) is 6.54 Å². The Labute approximate surface area is 93.2 Å². The molecule has 0 radical (unpaired) electrons. The van der Waals surface area contributed by atoms with Gasteiger partial charge in [0.1, 0.15) is 0 Å². The molecule has 0 aromatic carbocycles. The molecule has 88 valence electrons. The molecule has 1 amide bonds. The summed E-state index contributed by atoms with van der Waals surface area (Å²) in [6, 6.07) is 0.0804. The van der Waals surface area contributed by atoms with Gasteiger partial charge in [-0.15, -0.1) is 0 Å². The quantitative estimate of drug-likeness (QED) is 0.731. The summed E-state index contributed by atoms with van der Waals surface area (Å²) in [4.78, 5) is 14.0. The van der Waals surface area contributed by atoms with Crippen LogP contribution in [0.2, 0.25) is 0 Å². The highest BCUT2D eigenvalue weighted by atomic mass is 16.2. The van der Waals surface area contributed by atoms with Crippen molar-refractivity contribution in [3.63, 3.8) is 0 Å². The molecule has 2 unspecified atom stereocenters. The molecule has 1 rings (SSSR count). The summed E-state index contributed by atoms with van der Waals surface area (Å²) in [5, 5.41) is 3.37. The predicted octanol–water partition coefficient (Wildman–Crippen LogP) is 2.12. The van der Waals surface area contributed by atoms with Crippen molar-refractivity contribution < 1.29 is 4.79 Å². The molecule has 1 aliphatic heterocycles. The zero-order chi connectivity index (χ0) is 11.3. The maximum atomic E-state index is 12.0. The molecule has 0 bridgehead atoms. The Hall–Kier alpha value is -0.570. The SMILES string of the molecule is CCCCC1NC(C)N(CCCC)C1=O. The van der Waals surface area contributed by atoms with Crippen LogP contribution >= 0.6 is 0 Å². The van der Waals surface area contributed by atoms with Crippen molar-refractivity contribution in [2.75, 3.05) is 6.54 Å². The van der Waals surface area contributed by atoms with Crippen LogP contribution in [0.15, 0.2) is 0 Å². The van der Waals surface area contributed by atoms with E-state index < -0.39 is 0 Å². The Morgan fingerprint density at radius 1 is 1.27 bits per heavy atom. The van der Waals surface area contributed by atoms with Crippen molar-refractivity contribution in [1.29, 1.82) is 0 Å². The lowest BCUT2D eigenvalue weighted by Crippen LogP contribution is -2.35. The van der Waals surface area contributed by atoms with Gasteiger partial charge in [0.15, 0.2) is 0 Å². The molecule has 3 heteroatoms. The van der Waals surface area contributed by atoms with Gasteiger partial charge in [-0.1, -0.05) is 33.1 Å². The maximum absolute atomic E-state index is 12.0. The number of nitrogens with one attached hydrogen (secondary N) is 1. The van der Waals surface area contributed by atoms with Crippen molar-refractivity contribution in [2.45, 2.75) is 65.1 Å². The van der Waals surface area contributed by atoms with E-state index in [1.54, 1.807) is 0 Å². The molecular formula is C12H24N2O. The summed E-state index contributed by atoms with van der Waals surface area (Å²) in [6.45, 7) is 7.32. The van der Waals surface area contributed by atoms with Crippen LogP contribution in [0.4, 0.5) is 0 Å². The highest BCUT2D eigenvalue weighted by molar-refractivity contribution is 5.84. The summed E-state index contributed by atoms with van der Waals surface area (Å²) in [5.41, 5.74) is 0. The zero-order valence-corrected chi connectivity index (χ0v) is 10.3. The lowest BCUT2D eigenvalue weighted by atomic mass is 10.1. The molecule has 1 aliphatic rings. The molecule has 0 aromatic heterocycles. The first-order valence-corrected chi connectivity index (χ1v) is 6.27. The van der Waals surface area contributed by atoms with Gasteiger partial charge in [0.05, 0.1) is 12.2 Å². The Bertz CT molecular complexity index is 206. The summed E-state index contributed by atoms with van der Waals surface area (Å²) < 4.78 is 0. The number of carbonyl (C=O) groups excluding carboxylic acids is 1. The smallest absolute Gasteiger partial charge is 0.241 e. The van der Waals surface area contributed by atoms with Crippen LogP contribution in [0.1, 0.15) is 52.9 Å². The van der Waals surface area contributed by atoms with E-state index in [-0.39, 0.29) is 12.2 Å². The van der Waals surface area contributed by atoms with Gasteiger partial charge in [-0.25, -0.2) is 0 Å². The van der Waals surface area contributed by atoms with E-state index in [0.717, 1.165) is 38.6 Å². The second-order valence-electron chi connectivity index (χ2n) is 4.42. The Kier molecular flexibility index (Phi) is 5.09. The fourth-order valence-electron chi connectivity index (χ4n) is 2.09. The summed E-state index contributed by atoms with van der Waals surface area (Å²) in [7, 11) is 0. The van der Waals surface area contributed by atoms with Gasteiger partial charge in [-0.05, 0) is 19.8 Å². The second kappa shape index (κ2) is 6.11. The van der Waals surface area contributed by atoms with Gasteiger partial charge in [0.2, 0.25) is 5.91 Å². The molecule has 1 saturated heterocycles. The first kappa shape index (κ1) is 12.5. The standard InChI is InChI=1S/C12H24N2O/c1-4-6-8-11-12(15)14(9-7-5-2)10(3)13-11/h10-11,13H,4-9H2,1-3H3. The topological polar surface area (TPSA) is 32.3 Å². The van der Waals surface area contributed by atoms with Gasteiger partial charge in [-0.3, -0.25) is 10.1 Å². The van der Waals surface area contributed by atoms with E-state index >= 15 is 0 Å². The fraction of sp³-hybridized carbons (Fsp3) is 0.917. The molecule has 1 N–H and O–H groups in total. The fourth-order valence-corrected chi connectivity index (χ4v) is 2.09. The first-order valence-electron chi connectivity index (χ1n) is 6.27. The number of hydrogen-bond donors (Lipinski definition) is 1. The third-order valence-corrected chi connectivity index (χ3v) is 3.09. The van der Waals surface area contributed by atoms with Crippen LogP contribution in [0.3, 0.4) is 0 Å². The van der Waals surface area contributed by atoms with E-state index in [1.165, 1.54) is 0 Å². The normalized spacial score (nSPS) is 26.3. The Morgan fingerprint density at radius 3 is 2.53 bits per heavy atom. The number of rotatable bonds is 6. The predicted molar refractivity (Wildman–Crippen MR) is 62.5 cm³/mol. The van der Waals surface area contributed by atoms with Crippen LogP contribution in [-0.2, 0) is 4.79 Å². The van der Waals surface area contributed by atoms with Crippen LogP contribution in [0.5, 0.6) is 0 Å². The minimum absolute atomic E-state index is 0.0804. The highest BCUT2D eigenvalue weighted by Gasteiger charge is 2.34. The molecule has 2 atom stereocenters. The van der Waals surface area contributed by atoms with Gasteiger partial charge < -0.3 is 4.90 Å². The minimum atomic E-state index is 0.0804. The van der Waals surface area contributed by atoms with Gasteiger partial charge >= 0.3 is 0 Å². The van der Waals surface area contributed by atoms with E-state index in [1.807, 2.05) is 4.90 Å². The molecule has 1 fully saturated rings. The summed E-state index contributed by atoms with van der Waals surface area (Å²) in [6.07, 6.45) is 5.77. The van der Waals surface area contributed by atoms with Crippen molar-refractivity contribution >= 4 is 5.91 Å². The van der Waals surface area contributed by atoms with E-state index in [2.05, 4.69) is 26.1 Å². The number of carbonyl (C=O) groups is 1. The van der Waals surface area contributed by atoms with Crippen molar-refractivity contribution in [2.24, 2.45) is 0 Å². The van der Waals surface area contributed by atoms with Crippen LogP contribution in [0.25, 0.3) is 0 Å². The van der Waals surface area contributed by atoms with Crippen LogP contribution in [0, 0.1) is 0 Å². The molecule has 3 nitrogen and oxygen atoms in total. The largest absolute Gasteiger partial charge is 0.326 e. The van der Waals surface area contributed by atoms with Crippen molar-refractivity contribution in [1.82, 2.24) is 10.2 Å². The lowest BCUT2D eigenvalue weighted by Gasteiger charge is -2.20. The molecule has 15 heavy (non-hydrogen) atoms. The highest BCUT2D eigenvalue weighted by Crippen LogP contribution is 2.15. The average Bonchev–Trinajstić information content (AvgIpc) is 2.49. The summed E-state index contributed by atoms with van der Waals surface area (Å²) in [5.74, 6) is 0.310. The third kappa shape index (κ3) is 3.20. The molecule has 0 aromatic rings. The molecule has 0 saturated carbocycles. The van der Waals surface area contributed by atoms with Crippen LogP contribution < -0.4 is 5.32 Å². The number of unbranched alkanes of at least 4 members (excludes halogenated alkanes) is 2. The van der Waals surface area contributed by atoms with Gasteiger partial charge in [-0.2, -0.15) is 0 Å². The van der Waals surface area contributed by atoms with Crippen molar-refractivity contribution in [3.8, 4) is 0 Å². The molecular weight excluding hydrogens is 188 g/mol. The minimum Gasteiger partial charge on any atom is -0.326 e. The molecule has 0 spiro atoms. The molecule has 1 heterocycles. The van der Waals surface area contributed by atoms with Gasteiger partial charge in [0.25, 0.3) is 0 Å². The number of nitrogens with zero attached hydrogens (tertiary/aromatic N) is 1. The maximum Gasteiger partial charge on any atom is 0.241 e. The Balaban J connectivity index is 2.42. The monoisotopic (exact) mass is 212 g/mol. The average molecular weight is 212 g/mol. The lowest BCUT2D eigenvalue weighted by molar-refractivity contribution is -0.130. The first-order chi connectivity index (χ1) is 7.20. The third-order valence-electron chi connectivity index (χ3n) is 3.09. The van der Waals surface area contributed by atoms with E-state index in [0.29, 0.717) is 5.91 Å². The van der Waals surface area contributed by atoms with E-state index in [9.17, 15) is 4.79 Å². The zero-order valence-electron chi connectivity index (χ0n) is 10.3. The number of hydrogen-bond acceptors (Lipinski definition) is 2. The number of amides is 1. The van der Waals surface area contributed by atoms with E-state index in [4.69, 9.17) is 0 Å². The Morgan fingerprint density at radius 2 is 1.93 bits per heavy atom. The summed E-state index contributed by atoms with van der Waals surface area (Å²) >= 11 is 0. The van der Waals surface area contributed by atoms with Crippen molar-refractivity contribution in [3.05, 3.63) is 0 Å².